The average molecular weight is 249 g/mol. The number of carboxylic acids is 1. The van der Waals surface area contributed by atoms with Crippen LogP contribution >= 0.6 is 0 Å². The lowest BCUT2D eigenvalue weighted by atomic mass is 9.86. The number of carbonyl (C=O) groups excluding carboxylic acids is 1. The van der Waals surface area contributed by atoms with Gasteiger partial charge in [0.25, 0.3) is 5.91 Å². The smallest absolute Gasteiger partial charge is 0.306 e. The van der Waals surface area contributed by atoms with Crippen molar-refractivity contribution in [3.63, 3.8) is 0 Å². The number of likely N-dealkylation sites (tertiary alicyclic amines) is 1. The standard InChI is InChI=1S/C13H15NO4/c1-8(13(17)18)9-6-14(7-9)12(16)10-4-2-3-5-11(10)15/h2-5,8-9,15H,6-7H2,1H3,(H,17,18). The lowest BCUT2D eigenvalue weighted by Gasteiger charge is -2.41. The zero-order valence-corrected chi connectivity index (χ0v) is 10.0. The molecule has 1 fully saturated rings. The maximum atomic E-state index is 12.0. The molecule has 0 aromatic heterocycles. The SMILES string of the molecule is CC(C(=O)O)C1CN(C(=O)c2ccccc2O)C1. The lowest BCUT2D eigenvalue weighted by Crippen LogP contribution is -2.53. The normalized spacial score (nSPS) is 17.1. The first-order valence-electron chi connectivity index (χ1n) is 5.80. The Hall–Kier alpha value is -2.04. The third-order valence-electron chi connectivity index (χ3n) is 3.43. The molecule has 1 aliphatic heterocycles. The molecule has 1 saturated heterocycles. The summed E-state index contributed by atoms with van der Waals surface area (Å²) >= 11 is 0. The highest BCUT2D eigenvalue weighted by molar-refractivity contribution is 5.97. The molecule has 1 unspecified atom stereocenters. The number of hydrogen-bond acceptors (Lipinski definition) is 3. The molecule has 0 radical (unpaired) electrons. The fourth-order valence-electron chi connectivity index (χ4n) is 2.02. The lowest BCUT2D eigenvalue weighted by molar-refractivity contribution is -0.144. The zero-order valence-electron chi connectivity index (χ0n) is 10.0. The number of rotatable bonds is 3. The molecule has 2 rings (SSSR count). The van der Waals surface area contributed by atoms with Crippen molar-refractivity contribution in [3.05, 3.63) is 29.8 Å². The molecule has 2 N–H and O–H groups in total. The quantitative estimate of drug-likeness (QED) is 0.843. The van der Waals surface area contributed by atoms with Crippen molar-refractivity contribution in [2.24, 2.45) is 11.8 Å². The Labute approximate surface area is 105 Å². The van der Waals surface area contributed by atoms with Crippen LogP contribution in [-0.2, 0) is 4.79 Å². The highest BCUT2D eigenvalue weighted by Gasteiger charge is 2.37. The van der Waals surface area contributed by atoms with Crippen LogP contribution in [0.4, 0.5) is 0 Å². The molecule has 1 amide bonds. The number of phenols is 1. The van der Waals surface area contributed by atoms with Crippen molar-refractivity contribution in [1.82, 2.24) is 4.90 Å². The second-order valence-corrected chi connectivity index (χ2v) is 4.61. The summed E-state index contributed by atoms with van der Waals surface area (Å²) in [6.07, 6.45) is 0. The monoisotopic (exact) mass is 249 g/mol. The number of carbonyl (C=O) groups is 2. The van der Waals surface area contributed by atoms with E-state index in [4.69, 9.17) is 5.11 Å². The van der Waals surface area contributed by atoms with Crippen molar-refractivity contribution in [1.29, 1.82) is 0 Å². The molecule has 0 spiro atoms. The van der Waals surface area contributed by atoms with Crippen LogP contribution in [0.5, 0.6) is 5.75 Å². The van der Waals surface area contributed by atoms with E-state index in [0.717, 1.165) is 0 Å². The number of nitrogens with zero attached hydrogens (tertiary/aromatic N) is 1. The van der Waals surface area contributed by atoms with Crippen LogP contribution in [0.2, 0.25) is 0 Å². The summed E-state index contributed by atoms with van der Waals surface area (Å²) in [6.45, 7) is 2.51. The molecule has 96 valence electrons. The van der Waals surface area contributed by atoms with Gasteiger partial charge in [-0.3, -0.25) is 9.59 Å². The molecule has 0 bridgehead atoms. The number of para-hydroxylation sites is 1. The van der Waals surface area contributed by atoms with Gasteiger partial charge in [0, 0.05) is 19.0 Å². The molecule has 18 heavy (non-hydrogen) atoms. The van der Waals surface area contributed by atoms with E-state index in [0.29, 0.717) is 13.1 Å². The van der Waals surface area contributed by atoms with Gasteiger partial charge in [0.1, 0.15) is 5.75 Å². The van der Waals surface area contributed by atoms with E-state index in [9.17, 15) is 14.7 Å². The molecule has 1 atom stereocenters. The first-order valence-corrected chi connectivity index (χ1v) is 5.80. The summed E-state index contributed by atoms with van der Waals surface area (Å²) in [5.74, 6) is -1.58. The maximum Gasteiger partial charge on any atom is 0.306 e. The van der Waals surface area contributed by atoms with Gasteiger partial charge in [-0.2, -0.15) is 0 Å². The van der Waals surface area contributed by atoms with Gasteiger partial charge in [0.15, 0.2) is 0 Å². The number of benzene rings is 1. The number of aromatic hydroxyl groups is 1. The minimum absolute atomic E-state index is 0.00250. The van der Waals surface area contributed by atoms with Crippen molar-refractivity contribution in [2.45, 2.75) is 6.92 Å². The van der Waals surface area contributed by atoms with Gasteiger partial charge < -0.3 is 15.1 Å². The maximum absolute atomic E-state index is 12.0. The third kappa shape index (κ3) is 2.16. The fourth-order valence-corrected chi connectivity index (χ4v) is 2.02. The summed E-state index contributed by atoms with van der Waals surface area (Å²) in [6, 6.07) is 6.36. The van der Waals surface area contributed by atoms with Gasteiger partial charge in [0.2, 0.25) is 0 Å². The van der Waals surface area contributed by atoms with Crippen LogP contribution < -0.4 is 0 Å². The van der Waals surface area contributed by atoms with Crippen molar-refractivity contribution in [3.8, 4) is 5.75 Å². The molecule has 1 aromatic rings. The first-order chi connectivity index (χ1) is 8.50. The van der Waals surface area contributed by atoms with E-state index < -0.39 is 11.9 Å². The Kier molecular flexibility index (Phi) is 3.23. The highest BCUT2D eigenvalue weighted by Crippen LogP contribution is 2.27. The van der Waals surface area contributed by atoms with E-state index >= 15 is 0 Å². The number of carboxylic acid groups (broad SMARTS) is 1. The van der Waals surface area contributed by atoms with Gasteiger partial charge in [-0.05, 0) is 12.1 Å². The number of hydrogen-bond donors (Lipinski definition) is 2. The van der Waals surface area contributed by atoms with Crippen molar-refractivity contribution in [2.75, 3.05) is 13.1 Å². The molecule has 1 aliphatic rings. The average Bonchev–Trinajstić information content (AvgIpc) is 2.27. The van der Waals surface area contributed by atoms with Crippen LogP contribution in [0.1, 0.15) is 17.3 Å². The van der Waals surface area contributed by atoms with Crippen LogP contribution in [0.3, 0.4) is 0 Å². The highest BCUT2D eigenvalue weighted by atomic mass is 16.4. The fraction of sp³-hybridized carbons (Fsp3) is 0.385. The predicted molar refractivity (Wildman–Crippen MR) is 64.3 cm³/mol. The van der Waals surface area contributed by atoms with E-state index in [-0.39, 0.29) is 23.1 Å². The Morgan fingerprint density at radius 3 is 2.50 bits per heavy atom. The van der Waals surface area contributed by atoms with Crippen molar-refractivity contribution >= 4 is 11.9 Å². The molecule has 1 aromatic carbocycles. The summed E-state index contributed by atoms with van der Waals surface area (Å²) < 4.78 is 0. The van der Waals surface area contributed by atoms with Gasteiger partial charge in [-0.25, -0.2) is 0 Å². The molecule has 0 aliphatic carbocycles. The first kappa shape index (κ1) is 12.4. The van der Waals surface area contributed by atoms with E-state index in [1.807, 2.05) is 0 Å². The molecule has 5 heteroatoms. The van der Waals surface area contributed by atoms with Crippen LogP contribution in [-0.4, -0.2) is 40.1 Å². The van der Waals surface area contributed by atoms with Gasteiger partial charge in [-0.1, -0.05) is 19.1 Å². The van der Waals surface area contributed by atoms with E-state index in [2.05, 4.69) is 0 Å². The van der Waals surface area contributed by atoms with Gasteiger partial charge in [-0.15, -0.1) is 0 Å². The number of aliphatic carboxylic acids is 1. The van der Waals surface area contributed by atoms with Crippen LogP contribution in [0, 0.1) is 11.8 Å². The summed E-state index contributed by atoms with van der Waals surface area (Å²) in [5, 5.41) is 18.4. The Bertz CT molecular complexity index is 480. The second kappa shape index (κ2) is 4.68. The topological polar surface area (TPSA) is 77.8 Å². The van der Waals surface area contributed by atoms with E-state index in [1.165, 1.54) is 6.07 Å². The van der Waals surface area contributed by atoms with E-state index in [1.54, 1.807) is 30.0 Å². The minimum atomic E-state index is -0.838. The van der Waals surface area contributed by atoms with Gasteiger partial charge in [0.05, 0.1) is 11.5 Å². The summed E-state index contributed by atoms with van der Waals surface area (Å²) in [5.41, 5.74) is 0.263. The third-order valence-corrected chi connectivity index (χ3v) is 3.43. The van der Waals surface area contributed by atoms with Gasteiger partial charge >= 0.3 is 5.97 Å². The molecule has 0 saturated carbocycles. The summed E-state index contributed by atoms with van der Waals surface area (Å²) in [7, 11) is 0. The Morgan fingerprint density at radius 1 is 1.33 bits per heavy atom. The molecular weight excluding hydrogens is 234 g/mol. The number of amides is 1. The van der Waals surface area contributed by atoms with Crippen LogP contribution in [0.15, 0.2) is 24.3 Å². The Morgan fingerprint density at radius 2 is 1.94 bits per heavy atom. The number of phenolic OH excluding ortho intramolecular Hbond substituents is 1. The predicted octanol–water partition coefficient (Wildman–Crippen LogP) is 1.18. The van der Waals surface area contributed by atoms with Crippen LogP contribution in [0.25, 0.3) is 0 Å². The molecule has 1 heterocycles. The Balaban J connectivity index is 1.99. The minimum Gasteiger partial charge on any atom is -0.507 e. The molecular formula is C13H15NO4. The summed E-state index contributed by atoms with van der Waals surface area (Å²) in [4.78, 5) is 24.3. The second-order valence-electron chi connectivity index (χ2n) is 4.61. The molecule has 5 nitrogen and oxygen atoms in total. The van der Waals surface area contributed by atoms with Crippen molar-refractivity contribution < 1.29 is 19.8 Å². The zero-order chi connectivity index (χ0) is 13.3. The largest absolute Gasteiger partial charge is 0.507 e.